The lowest BCUT2D eigenvalue weighted by atomic mass is 9.63. The van der Waals surface area contributed by atoms with E-state index in [1.165, 1.54) is 32.2 Å². The molecule has 2 aliphatic rings. The number of hydrogen-bond acceptors (Lipinski definition) is 2. The molecule has 0 radical (unpaired) electrons. The first-order chi connectivity index (χ1) is 9.08. The van der Waals surface area contributed by atoms with Gasteiger partial charge < -0.3 is 10.2 Å². The van der Waals surface area contributed by atoms with Crippen LogP contribution in [-0.4, -0.2) is 36.6 Å². The Kier molecular flexibility index (Phi) is 4.57. The first kappa shape index (κ1) is 16.3. The van der Waals surface area contributed by atoms with Crippen molar-refractivity contribution in [2.24, 2.45) is 16.7 Å². The van der Waals surface area contributed by atoms with Crippen molar-refractivity contribution in [3.05, 3.63) is 0 Å². The van der Waals surface area contributed by atoms with Crippen LogP contribution >= 0.6 is 0 Å². The van der Waals surface area contributed by atoms with Gasteiger partial charge in [0.05, 0.1) is 0 Å². The first-order valence-electron chi connectivity index (χ1n) is 8.54. The van der Waals surface area contributed by atoms with E-state index in [1.54, 1.807) is 0 Å². The van der Waals surface area contributed by atoms with Crippen molar-refractivity contribution in [2.45, 2.75) is 85.4 Å². The normalized spacial score (nSPS) is 38.9. The van der Waals surface area contributed by atoms with Crippen LogP contribution in [0.1, 0.15) is 67.2 Å². The molecule has 1 N–H and O–H groups in total. The predicted octanol–water partition coefficient (Wildman–Crippen LogP) is 3.91. The minimum absolute atomic E-state index is 0.486. The molecule has 3 atom stereocenters. The first-order valence-corrected chi connectivity index (χ1v) is 8.54. The summed E-state index contributed by atoms with van der Waals surface area (Å²) in [4.78, 5) is 2.51. The van der Waals surface area contributed by atoms with E-state index in [0.717, 1.165) is 5.92 Å². The molecule has 1 heterocycles. The Bertz CT molecular complexity index is 318. The van der Waals surface area contributed by atoms with Crippen LogP contribution in [0.2, 0.25) is 0 Å². The van der Waals surface area contributed by atoms with Gasteiger partial charge in [-0.25, -0.2) is 0 Å². The highest BCUT2D eigenvalue weighted by atomic mass is 15.2. The van der Waals surface area contributed by atoms with Crippen molar-refractivity contribution in [1.82, 2.24) is 10.2 Å². The number of likely N-dealkylation sites (tertiary alicyclic amines) is 1. The molecule has 0 bridgehead atoms. The fourth-order valence-electron chi connectivity index (χ4n) is 5.04. The van der Waals surface area contributed by atoms with E-state index in [9.17, 15) is 0 Å². The molecule has 1 aliphatic carbocycles. The number of rotatable bonds is 2. The molecule has 0 aromatic carbocycles. The van der Waals surface area contributed by atoms with Gasteiger partial charge in [0.1, 0.15) is 0 Å². The minimum atomic E-state index is 0.486. The summed E-state index contributed by atoms with van der Waals surface area (Å²) < 4.78 is 0. The van der Waals surface area contributed by atoms with Crippen LogP contribution in [0, 0.1) is 16.7 Å². The Labute approximate surface area is 126 Å². The Morgan fingerprint density at radius 1 is 1.00 bits per heavy atom. The van der Waals surface area contributed by atoms with Gasteiger partial charge >= 0.3 is 0 Å². The third-order valence-corrected chi connectivity index (χ3v) is 5.62. The maximum atomic E-state index is 4.04. The van der Waals surface area contributed by atoms with Crippen LogP contribution in [0.5, 0.6) is 0 Å². The fraction of sp³-hybridized carbons (Fsp3) is 1.00. The van der Waals surface area contributed by atoms with Crippen molar-refractivity contribution in [2.75, 3.05) is 13.6 Å². The molecule has 20 heavy (non-hydrogen) atoms. The zero-order chi connectivity index (χ0) is 15.1. The van der Waals surface area contributed by atoms with E-state index in [-0.39, 0.29) is 0 Å². The second kappa shape index (κ2) is 5.61. The summed E-state index contributed by atoms with van der Waals surface area (Å²) in [6, 6.07) is 2.13. The maximum Gasteiger partial charge on any atom is 0.0122 e. The number of nitrogens with one attached hydrogen (secondary N) is 1. The van der Waals surface area contributed by atoms with Gasteiger partial charge in [0.2, 0.25) is 0 Å². The zero-order valence-electron chi connectivity index (χ0n) is 14.8. The van der Waals surface area contributed by atoms with E-state index >= 15 is 0 Å². The monoisotopic (exact) mass is 280 g/mol. The van der Waals surface area contributed by atoms with Crippen molar-refractivity contribution < 1.29 is 0 Å². The summed E-state index contributed by atoms with van der Waals surface area (Å²) in [7, 11) is 2.27. The van der Waals surface area contributed by atoms with Gasteiger partial charge in [0.25, 0.3) is 0 Å². The standard InChI is InChI=1S/C18H36N2/c1-13-11-20(7)14(2)8-16(13)19-15-9-17(3,4)12-18(5,6)10-15/h13-16,19H,8-12H2,1-7H3. The summed E-state index contributed by atoms with van der Waals surface area (Å²) in [5.41, 5.74) is 0.972. The molecule has 2 rings (SSSR count). The Balaban J connectivity index is 1.98. The smallest absolute Gasteiger partial charge is 0.0122 e. The molecule has 2 nitrogen and oxygen atoms in total. The highest BCUT2D eigenvalue weighted by Crippen LogP contribution is 2.46. The molecular formula is C18H36N2. The third kappa shape index (κ3) is 3.98. The number of hydrogen-bond donors (Lipinski definition) is 1. The topological polar surface area (TPSA) is 15.3 Å². The molecule has 0 amide bonds. The summed E-state index contributed by atoms with van der Waals surface area (Å²) in [5.74, 6) is 0.768. The Hall–Kier alpha value is -0.0800. The maximum absolute atomic E-state index is 4.04. The van der Waals surface area contributed by atoms with Crippen LogP contribution in [-0.2, 0) is 0 Å². The number of nitrogens with zero attached hydrogens (tertiary/aromatic N) is 1. The molecule has 0 aromatic rings. The van der Waals surface area contributed by atoms with Gasteiger partial charge in [-0.2, -0.15) is 0 Å². The molecule has 1 saturated carbocycles. The summed E-state index contributed by atoms with van der Waals surface area (Å²) in [6.07, 6.45) is 5.33. The quantitative estimate of drug-likeness (QED) is 0.825. The van der Waals surface area contributed by atoms with E-state index in [4.69, 9.17) is 0 Å². The highest BCUT2D eigenvalue weighted by molar-refractivity contribution is 4.95. The van der Waals surface area contributed by atoms with E-state index < -0.39 is 0 Å². The molecular weight excluding hydrogens is 244 g/mol. The molecule has 3 unspecified atom stereocenters. The van der Waals surface area contributed by atoms with Gasteiger partial charge in [0, 0.05) is 24.7 Å². The average molecular weight is 280 g/mol. The summed E-state index contributed by atoms with van der Waals surface area (Å²) in [6.45, 7) is 15.8. The SMILES string of the molecule is CC1CN(C)C(C)CC1NC1CC(C)(C)CC(C)(C)C1. The van der Waals surface area contributed by atoms with Crippen molar-refractivity contribution in [3.63, 3.8) is 0 Å². The van der Waals surface area contributed by atoms with E-state index in [0.29, 0.717) is 29.0 Å². The lowest BCUT2D eigenvalue weighted by Gasteiger charge is -2.48. The van der Waals surface area contributed by atoms with Gasteiger partial charge in [-0.3, -0.25) is 0 Å². The highest BCUT2D eigenvalue weighted by Gasteiger charge is 2.40. The third-order valence-electron chi connectivity index (χ3n) is 5.62. The molecule has 1 saturated heterocycles. The molecule has 0 aromatic heterocycles. The fourth-order valence-corrected chi connectivity index (χ4v) is 5.04. The van der Waals surface area contributed by atoms with Gasteiger partial charge in [-0.15, -0.1) is 0 Å². The summed E-state index contributed by atoms with van der Waals surface area (Å²) >= 11 is 0. The Morgan fingerprint density at radius 2 is 1.55 bits per heavy atom. The Morgan fingerprint density at radius 3 is 2.10 bits per heavy atom. The lowest BCUT2D eigenvalue weighted by molar-refractivity contribution is 0.0582. The zero-order valence-corrected chi connectivity index (χ0v) is 14.8. The van der Waals surface area contributed by atoms with Crippen LogP contribution in [0.4, 0.5) is 0 Å². The molecule has 2 heteroatoms. The van der Waals surface area contributed by atoms with E-state index in [1.807, 2.05) is 0 Å². The second-order valence-electron chi connectivity index (χ2n) is 9.39. The van der Waals surface area contributed by atoms with Crippen molar-refractivity contribution in [3.8, 4) is 0 Å². The van der Waals surface area contributed by atoms with Crippen molar-refractivity contribution in [1.29, 1.82) is 0 Å². The second-order valence-corrected chi connectivity index (χ2v) is 9.39. The molecule has 2 fully saturated rings. The largest absolute Gasteiger partial charge is 0.311 e. The van der Waals surface area contributed by atoms with Crippen LogP contribution in [0.3, 0.4) is 0 Å². The van der Waals surface area contributed by atoms with Crippen molar-refractivity contribution >= 4 is 0 Å². The molecule has 1 aliphatic heterocycles. The lowest BCUT2D eigenvalue weighted by Crippen LogP contribution is -2.55. The van der Waals surface area contributed by atoms with E-state index in [2.05, 4.69) is 58.8 Å². The molecule has 118 valence electrons. The van der Waals surface area contributed by atoms with Gasteiger partial charge in [-0.1, -0.05) is 34.6 Å². The minimum Gasteiger partial charge on any atom is -0.311 e. The van der Waals surface area contributed by atoms with Crippen LogP contribution in [0.15, 0.2) is 0 Å². The van der Waals surface area contributed by atoms with Gasteiger partial charge in [0.15, 0.2) is 0 Å². The van der Waals surface area contributed by atoms with Crippen LogP contribution < -0.4 is 5.32 Å². The average Bonchev–Trinajstić information content (AvgIpc) is 2.21. The van der Waals surface area contributed by atoms with Gasteiger partial charge in [-0.05, 0) is 56.4 Å². The number of piperidine rings is 1. The van der Waals surface area contributed by atoms with Crippen LogP contribution in [0.25, 0.3) is 0 Å². The molecule has 0 spiro atoms. The summed E-state index contributed by atoms with van der Waals surface area (Å²) in [5, 5.41) is 4.04. The predicted molar refractivity (Wildman–Crippen MR) is 88.0 cm³/mol.